The Balaban J connectivity index is 1.93. The summed E-state index contributed by atoms with van der Waals surface area (Å²) in [4.78, 5) is 8.76. The minimum absolute atomic E-state index is 0.359. The molecule has 1 aromatic carbocycles. The third kappa shape index (κ3) is 3.55. The fraction of sp³-hybridized carbons (Fsp3) is 0.375. The lowest BCUT2D eigenvalue weighted by Gasteiger charge is -2.14. The van der Waals surface area contributed by atoms with Crippen LogP contribution in [0.2, 0.25) is 5.15 Å². The number of aromatic nitrogens is 2. The summed E-state index contributed by atoms with van der Waals surface area (Å²) in [5.41, 5.74) is 1.13. The summed E-state index contributed by atoms with van der Waals surface area (Å²) in [5, 5.41) is 0.435. The zero-order valence-corrected chi connectivity index (χ0v) is 14.3. The van der Waals surface area contributed by atoms with Crippen molar-refractivity contribution in [1.82, 2.24) is 9.97 Å². The van der Waals surface area contributed by atoms with E-state index in [1.54, 1.807) is 6.07 Å². The van der Waals surface area contributed by atoms with Crippen LogP contribution < -0.4 is 4.74 Å². The number of hydrogen-bond donors (Lipinski definition) is 0. The van der Waals surface area contributed by atoms with Crippen LogP contribution in [-0.2, 0) is 0 Å². The highest BCUT2D eigenvalue weighted by Gasteiger charge is 2.27. The molecule has 0 radical (unpaired) electrons. The predicted octanol–water partition coefficient (Wildman–Crippen LogP) is 5.69. The highest BCUT2D eigenvalue weighted by molar-refractivity contribution is 9.10. The summed E-state index contributed by atoms with van der Waals surface area (Å²) in [6.45, 7) is 4.27. The summed E-state index contributed by atoms with van der Waals surface area (Å²) in [6, 6.07) is 7.65. The van der Waals surface area contributed by atoms with Gasteiger partial charge in [-0.25, -0.2) is 4.98 Å². The van der Waals surface area contributed by atoms with E-state index in [1.165, 1.54) is 0 Å². The predicted molar refractivity (Wildman–Crippen MR) is 87.3 cm³/mol. The van der Waals surface area contributed by atoms with Crippen molar-refractivity contribution in [2.45, 2.75) is 38.5 Å². The fourth-order valence-electron chi connectivity index (χ4n) is 2.17. The van der Waals surface area contributed by atoms with Gasteiger partial charge in [-0.3, -0.25) is 0 Å². The summed E-state index contributed by atoms with van der Waals surface area (Å²) in [5.74, 6) is 2.92. The van der Waals surface area contributed by atoms with E-state index in [-0.39, 0.29) is 0 Å². The Bertz CT molecular complexity index is 671. The molecular formula is C16H16BrClN2O. The van der Waals surface area contributed by atoms with E-state index in [1.807, 2.05) is 12.1 Å². The second-order valence-corrected chi connectivity index (χ2v) is 6.90. The van der Waals surface area contributed by atoms with Crippen molar-refractivity contribution in [3.05, 3.63) is 45.3 Å². The van der Waals surface area contributed by atoms with Crippen LogP contribution in [0.1, 0.15) is 49.9 Å². The van der Waals surface area contributed by atoms with Crippen LogP contribution in [0.5, 0.6) is 11.6 Å². The zero-order chi connectivity index (χ0) is 15.0. The number of hydrogen-bond acceptors (Lipinski definition) is 3. The van der Waals surface area contributed by atoms with Crippen LogP contribution in [0.4, 0.5) is 0 Å². The van der Waals surface area contributed by atoms with Gasteiger partial charge < -0.3 is 4.74 Å². The van der Waals surface area contributed by atoms with Crippen molar-refractivity contribution in [1.29, 1.82) is 0 Å². The molecule has 0 aliphatic heterocycles. The second kappa shape index (κ2) is 5.93. The fourth-order valence-corrected chi connectivity index (χ4v) is 2.72. The Morgan fingerprint density at radius 1 is 1.24 bits per heavy atom. The van der Waals surface area contributed by atoms with Gasteiger partial charge in [0.1, 0.15) is 16.7 Å². The van der Waals surface area contributed by atoms with E-state index in [0.717, 1.165) is 34.5 Å². The van der Waals surface area contributed by atoms with Gasteiger partial charge in [-0.05, 0) is 42.5 Å². The first-order valence-electron chi connectivity index (χ1n) is 7.04. The standard InChI is InChI=1S/C16H16BrClN2O/c1-9(2)12-7-11(17)5-6-13(12)21-15-8-14(18)19-16(20-15)10-3-4-10/h5-10H,3-4H2,1-2H3. The molecule has 1 saturated carbocycles. The van der Waals surface area contributed by atoms with E-state index < -0.39 is 0 Å². The number of rotatable bonds is 4. The Labute approximate surface area is 137 Å². The van der Waals surface area contributed by atoms with Gasteiger partial charge in [0.25, 0.3) is 0 Å². The van der Waals surface area contributed by atoms with Gasteiger partial charge in [0.2, 0.25) is 5.88 Å². The molecular weight excluding hydrogens is 352 g/mol. The van der Waals surface area contributed by atoms with E-state index in [2.05, 4.69) is 45.8 Å². The van der Waals surface area contributed by atoms with Crippen molar-refractivity contribution in [3.63, 3.8) is 0 Å². The van der Waals surface area contributed by atoms with E-state index in [9.17, 15) is 0 Å². The molecule has 0 saturated heterocycles. The third-order valence-corrected chi connectivity index (χ3v) is 4.13. The van der Waals surface area contributed by atoms with Gasteiger partial charge in [-0.2, -0.15) is 4.98 Å². The molecule has 0 atom stereocenters. The number of nitrogens with zero attached hydrogens (tertiary/aromatic N) is 2. The minimum Gasteiger partial charge on any atom is -0.439 e. The average molecular weight is 368 g/mol. The molecule has 1 fully saturated rings. The summed E-state index contributed by atoms with van der Waals surface area (Å²) in [7, 11) is 0. The van der Waals surface area contributed by atoms with Crippen molar-refractivity contribution >= 4 is 27.5 Å². The molecule has 21 heavy (non-hydrogen) atoms. The van der Waals surface area contributed by atoms with Gasteiger partial charge >= 0.3 is 0 Å². The SMILES string of the molecule is CC(C)c1cc(Br)ccc1Oc1cc(Cl)nc(C2CC2)n1. The zero-order valence-electron chi connectivity index (χ0n) is 11.9. The topological polar surface area (TPSA) is 35.0 Å². The van der Waals surface area contributed by atoms with Crippen molar-refractivity contribution in [2.75, 3.05) is 0 Å². The summed E-state index contributed by atoms with van der Waals surface area (Å²) >= 11 is 9.58. The Morgan fingerprint density at radius 3 is 2.67 bits per heavy atom. The Kier molecular flexibility index (Phi) is 4.18. The lowest BCUT2D eigenvalue weighted by atomic mass is 10.0. The highest BCUT2D eigenvalue weighted by atomic mass is 79.9. The molecule has 0 N–H and O–H groups in total. The monoisotopic (exact) mass is 366 g/mol. The van der Waals surface area contributed by atoms with Crippen molar-refractivity contribution in [3.8, 4) is 11.6 Å². The van der Waals surface area contributed by atoms with Gasteiger partial charge in [0, 0.05) is 16.5 Å². The molecule has 3 nitrogen and oxygen atoms in total. The molecule has 0 amide bonds. The molecule has 1 heterocycles. The molecule has 110 valence electrons. The number of ether oxygens (including phenoxy) is 1. The van der Waals surface area contributed by atoms with Crippen molar-refractivity contribution in [2.24, 2.45) is 0 Å². The van der Waals surface area contributed by atoms with Crippen LogP contribution in [0.25, 0.3) is 0 Å². The first kappa shape index (κ1) is 14.8. The number of benzene rings is 1. The van der Waals surface area contributed by atoms with E-state index in [0.29, 0.717) is 22.9 Å². The van der Waals surface area contributed by atoms with E-state index in [4.69, 9.17) is 16.3 Å². The van der Waals surface area contributed by atoms with Crippen LogP contribution in [-0.4, -0.2) is 9.97 Å². The maximum Gasteiger partial charge on any atom is 0.224 e. The first-order valence-corrected chi connectivity index (χ1v) is 8.22. The maximum atomic E-state index is 6.08. The Hall–Kier alpha value is -1.13. The average Bonchev–Trinajstić information content (AvgIpc) is 3.24. The molecule has 1 aromatic heterocycles. The number of halogens is 2. The smallest absolute Gasteiger partial charge is 0.224 e. The largest absolute Gasteiger partial charge is 0.439 e. The lowest BCUT2D eigenvalue weighted by molar-refractivity contribution is 0.450. The van der Waals surface area contributed by atoms with E-state index >= 15 is 0 Å². The minimum atomic E-state index is 0.359. The Morgan fingerprint density at radius 2 is 2.00 bits per heavy atom. The van der Waals surface area contributed by atoms with Gasteiger partial charge in [-0.1, -0.05) is 41.4 Å². The van der Waals surface area contributed by atoms with Gasteiger partial charge in [-0.15, -0.1) is 0 Å². The molecule has 0 unspecified atom stereocenters. The molecule has 5 heteroatoms. The van der Waals surface area contributed by atoms with Crippen molar-refractivity contribution < 1.29 is 4.74 Å². The molecule has 0 spiro atoms. The van der Waals surface area contributed by atoms with Crippen LogP contribution >= 0.6 is 27.5 Å². The van der Waals surface area contributed by atoms with Crippen LogP contribution in [0, 0.1) is 0 Å². The second-order valence-electron chi connectivity index (χ2n) is 5.60. The van der Waals surface area contributed by atoms with Crippen LogP contribution in [0.3, 0.4) is 0 Å². The third-order valence-electron chi connectivity index (χ3n) is 3.44. The molecule has 2 aromatic rings. The lowest BCUT2D eigenvalue weighted by Crippen LogP contribution is -1.99. The maximum absolute atomic E-state index is 6.08. The normalized spacial score (nSPS) is 14.5. The molecule has 1 aliphatic rings. The first-order chi connectivity index (χ1) is 10.0. The van der Waals surface area contributed by atoms with Gasteiger partial charge in [0.15, 0.2) is 0 Å². The molecule has 1 aliphatic carbocycles. The highest BCUT2D eigenvalue weighted by Crippen LogP contribution is 2.40. The summed E-state index contributed by atoms with van der Waals surface area (Å²) < 4.78 is 7.01. The van der Waals surface area contributed by atoms with Gasteiger partial charge in [0.05, 0.1) is 0 Å². The molecule has 3 rings (SSSR count). The summed E-state index contributed by atoms with van der Waals surface area (Å²) in [6.07, 6.45) is 2.27. The molecule has 0 bridgehead atoms. The van der Waals surface area contributed by atoms with Crippen LogP contribution in [0.15, 0.2) is 28.7 Å². The quantitative estimate of drug-likeness (QED) is 0.651.